The zero-order valence-electron chi connectivity index (χ0n) is 14.7. The Kier molecular flexibility index (Phi) is 4.74. The Balaban J connectivity index is 1.76. The van der Waals surface area contributed by atoms with Crippen LogP contribution in [-0.4, -0.2) is 18.2 Å². The van der Waals surface area contributed by atoms with Gasteiger partial charge in [0.05, 0.1) is 5.56 Å². The summed E-state index contributed by atoms with van der Waals surface area (Å²) in [4.78, 5) is 24.7. The monoisotopic (exact) mass is 359 g/mol. The Morgan fingerprint density at radius 1 is 1.32 bits per heavy atom. The van der Waals surface area contributed by atoms with Gasteiger partial charge >= 0.3 is 0 Å². The largest absolute Gasteiger partial charge is 0.455 e. The molecule has 0 radical (unpaired) electrons. The number of amides is 1. The van der Waals surface area contributed by atoms with Crippen LogP contribution in [-0.2, 0) is 11.8 Å². The summed E-state index contributed by atoms with van der Waals surface area (Å²) in [5, 5.41) is 3.61. The van der Waals surface area contributed by atoms with Gasteiger partial charge in [-0.1, -0.05) is 37.6 Å². The minimum atomic E-state index is -0.283. The Morgan fingerprint density at radius 2 is 2.08 bits per heavy atom. The molecule has 1 amide bonds. The Labute approximate surface area is 152 Å². The van der Waals surface area contributed by atoms with Crippen LogP contribution in [0.2, 0.25) is 5.02 Å². The van der Waals surface area contributed by atoms with Gasteiger partial charge in [0.15, 0.2) is 11.5 Å². The number of fused-ring (bicyclic) bond motifs is 1. The molecule has 4 nitrogen and oxygen atoms in total. The lowest BCUT2D eigenvalue weighted by atomic mass is 9.84. The molecular formula is C20H22ClNO3. The maximum Gasteiger partial charge on any atom is 0.287 e. The zero-order valence-corrected chi connectivity index (χ0v) is 15.5. The third-order valence-corrected chi connectivity index (χ3v) is 5.04. The quantitative estimate of drug-likeness (QED) is 0.876. The Hall–Kier alpha value is -2.07. The summed E-state index contributed by atoms with van der Waals surface area (Å²) in [7, 11) is 0. The van der Waals surface area contributed by atoms with Crippen molar-refractivity contribution >= 4 is 23.3 Å². The second kappa shape index (κ2) is 6.68. The van der Waals surface area contributed by atoms with E-state index in [9.17, 15) is 9.59 Å². The van der Waals surface area contributed by atoms with Gasteiger partial charge in [-0.15, -0.1) is 0 Å². The average molecular weight is 360 g/mol. The molecule has 132 valence electrons. The van der Waals surface area contributed by atoms with Gasteiger partial charge in [0.25, 0.3) is 5.91 Å². The maximum absolute atomic E-state index is 12.6. The molecule has 1 aliphatic carbocycles. The molecule has 0 bridgehead atoms. The van der Waals surface area contributed by atoms with Gasteiger partial charge in [-0.3, -0.25) is 9.59 Å². The van der Waals surface area contributed by atoms with Gasteiger partial charge in [-0.2, -0.15) is 0 Å². The number of nitrogens with one attached hydrogen (secondary N) is 1. The average Bonchev–Trinajstić information content (AvgIpc) is 2.91. The predicted octanol–water partition coefficient (Wildman–Crippen LogP) is 4.47. The van der Waals surface area contributed by atoms with E-state index in [1.54, 1.807) is 6.92 Å². The van der Waals surface area contributed by atoms with Crippen LogP contribution in [0.15, 0.2) is 28.7 Å². The molecule has 1 N–H and O–H groups in total. The third-order valence-electron chi connectivity index (χ3n) is 4.81. The summed E-state index contributed by atoms with van der Waals surface area (Å²) in [5.74, 6) is 0.686. The summed E-state index contributed by atoms with van der Waals surface area (Å²) < 4.78 is 5.71. The summed E-state index contributed by atoms with van der Waals surface area (Å²) in [6.45, 7) is 6.30. The number of Topliss-reactive ketones (excluding diaryl/α,β-unsaturated/α-hetero) is 1. The molecule has 1 heterocycles. The number of ketones is 1. The summed E-state index contributed by atoms with van der Waals surface area (Å²) in [6, 6.07) is 7.63. The molecule has 0 saturated heterocycles. The molecule has 0 saturated carbocycles. The van der Waals surface area contributed by atoms with Gasteiger partial charge < -0.3 is 9.73 Å². The summed E-state index contributed by atoms with van der Waals surface area (Å²) in [6.07, 6.45) is 2.01. The van der Waals surface area contributed by atoms with Crippen molar-refractivity contribution in [3.8, 4) is 0 Å². The molecule has 3 rings (SSSR count). The summed E-state index contributed by atoms with van der Waals surface area (Å²) in [5.41, 5.74) is 2.02. The molecule has 0 aliphatic heterocycles. The number of hydrogen-bond donors (Lipinski definition) is 1. The van der Waals surface area contributed by atoms with Gasteiger partial charge in [0.2, 0.25) is 0 Å². The molecule has 2 aromatic rings. The van der Waals surface area contributed by atoms with Gasteiger partial charge in [0.1, 0.15) is 5.76 Å². The molecule has 0 spiro atoms. The standard InChI is InChI=1S/C20H22ClNO3/c1-12-17-15(23)8-5-9-16(17)25-18(12)19(24)22-11-20(2,3)13-6-4-7-14(21)10-13/h4,6-7,10H,5,8-9,11H2,1-3H3,(H,22,24). The van der Waals surface area contributed by atoms with Crippen molar-refractivity contribution in [2.45, 2.75) is 45.4 Å². The number of halogens is 1. The highest BCUT2D eigenvalue weighted by Gasteiger charge is 2.29. The van der Waals surface area contributed by atoms with Crippen molar-refractivity contribution in [3.63, 3.8) is 0 Å². The molecular weight excluding hydrogens is 338 g/mol. The van der Waals surface area contributed by atoms with E-state index >= 15 is 0 Å². The number of carbonyl (C=O) groups is 2. The van der Waals surface area contributed by atoms with Crippen LogP contribution in [0.25, 0.3) is 0 Å². The first-order chi connectivity index (χ1) is 11.8. The lowest BCUT2D eigenvalue weighted by molar-refractivity contribution is 0.0912. The number of aryl methyl sites for hydroxylation is 1. The van der Waals surface area contributed by atoms with E-state index in [4.69, 9.17) is 16.0 Å². The molecule has 1 aliphatic rings. The first-order valence-electron chi connectivity index (χ1n) is 8.49. The van der Waals surface area contributed by atoms with Crippen LogP contribution in [0, 0.1) is 6.92 Å². The minimum Gasteiger partial charge on any atom is -0.455 e. The van der Waals surface area contributed by atoms with Crippen molar-refractivity contribution in [3.05, 3.63) is 57.5 Å². The fourth-order valence-corrected chi connectivity index (χ4v) is 3.45. The minimum absolute atomic E-state index is 0.0702. The molecule has 0 fully saturated rings. The Bertz CT molecular complexity index is 835. The molecule has 5 heteroatoms. The Morgan fingerprint density at radius 3 is 2.76 bits per heavy atom. The zero-order chi connectivity index (χ0) is 18.2. The molecule has 0 atom stereocenters. The van der Waals surface area contributed by atoms with Crippen LogP contribution in [0.5, 0.6) is 0 Å². The number of hydrogen-bond acceptors (Lipinski definition) is 3. The number of carbonyl (C=O) groups excluding carboxylic acids is 2. The van der Waals surface area contributed by atoms with E-state index in [0.29, 0.717) is 41.3 Å². The second-order valence-electron chi connectivity index (χ2n) is 7.21. The molecule has 1 aromatic heterocycles. The first kappa shape index (κ1) is 17.7. The van der Waals surface area contributed by atoms with E-state index < -0.39 is 0 Å². The molecule has 1 aromatic carbocycles. The van der Waals surface area contributed by atoms with E-state index in [-0.39, 0.29) is 22.9 Å². The van der Waals surface area contributed by atoms with Crippen LogP contribution in [0.1, 0.15) is 64.5 Å². The first-order valence-corrected chi connectivity index (χ1v) is 8.87. The fraction of sp³-hybridized carbons (Fsp3) is 0.400. The molecule has 25 heavy (non-hydrogen) atoms. The van der Waals surface area contributed by atoms with Crippen molar-refractivity contribution in [2.75, 3.05) is 6.54 Å². The maximum atomic E-state index is 12.6. The van der Waals surface area contributed by atoms with Crippen LogP contribution >= 0.6 is 11.6 Å². The number of furan rings is 1. The fourth-order valence-electron chi connectivity index (χ4n) is 3.26. The highest BCUT2D eigenvalue weighted by Crippen LogP contribution is 2.30. The van der Waals surface area contributed by atoms with Crippen LogP contribution < -0.4 is 5.32 Å². The van der Waals surface area contributed by atoms with Crippen molar-refractivity contribution in [1.29, 1.82) is 0 Å². The van der Waals surface area contributed by atoms with Crippen molar-refractivity contribution in [2.24, 2.45) is 0 Å². The van der Waals surface area contributed by atoms with E-state index in [1.165, 1.54) is 0 Å². The highest BCUT2D eigenvalue weighted by molar-refractivity contribution is 6.30. The highest BCUT2D eigenvalue weighted by atomic mass is 35.5. The van der Waals surface area contributed by atoms with Crippen LogP contribution in [0.3, 0.4) is 0 Å². The second-order valence-corrected chi connectivity index (χ2v) is 7.64. The normalized spacial score (nSPS) is 14.3. The van der Waals surface area contributed by atoms with Crippen molar-refractivity contribution < 1.29 is 14.0 Å². The van der Waals surface area contributed by atoms with Crippen LogP contribution in [0.4, 0.5) is 0 Å². The smallest absolute Gasteiger partial charge is 0.287 e. The van der Waals surface area contributed by atoms with Gasteiger partial charge in [0, 0.05) is 35.4 Å². The number of rotatable bonds is 4. The SMILES string of the molecule is Cc1c(C(=O)NCC(C)(C)c2cccc(Cl)c2)oc2c1C(=O)CCC2. The van der Waals surface area contributed by atoms with E-state index in [1.807, 2.05) is 38.1 Å². The van der Waals surface area contributed by atoms with Gasteiger partial charge in [-0.25, -0.2) is 0 Å². The number of benzene rings is 1. The molecule has 0 unspecified atom stereocenters. The van der Waals surface area contributed by atoms with E-state index in [0.717, 1.165) is 12.0 Å². The lowest BCUT2D eigenvalue weighted by Gasteiger charge is -2.25. The predicted molar refractivity (Wildman–Crippen MR) is 97.5 cm³/mol. The van der Waals surface area contributed by atoms with E-state index in [2.05, 4.69) is 5.32 Å². The third kappa shape index (κ3) is 3.49. The van der Waals surface area contributed by atoms with Gasteiger partial charge in [-0.05, 0) is 31.0 Å². The summed E-state index contributed by atoms with van der Waals surface area (Å²) >= 11 is 6.07. The topological polar surface area (TPSA) is 59.3 Å². The van der Waals surface area contributed by atoms with Crippen molar-refractivity contribution in [1.82, 2.24) is 5.32 Å². The lowest BCUT2D eigenvalue weighted by Crippen LogP contribution is -2.36.